The normalized spacial score (nSPS) is 12.0. The Balaban J connectivity index is 1.54. The van der Waals surface area contributed by atoms with E-state index in [0.29, 0.717) is 5.56 Å². The molecule has 0 bridgehead atoms. The van der Waals surface area contributed by atoms with Gasteiger partial charge in [-0.15, -0.1) is 0 Å². The van der Waals surface area contributed by atoms with Gasteiger partial charge in [-0.2, -0.15) is 0 Å². The molecule has 140 valence electrons. The summed E-state index contributed by atoms with van der Waals surface area (Å²) in [6, 6.07) is 17.3. The number of rotatable bonds is 6. The van der Waals surface area contributed by atoms with E-state index in [-0.39, 0.29) is 6.42 Å². The molecule has 4 rings (SSSR count). The Bertz CT molecular complexity index is 1120. The maximum Gasteiger partial charge on any atom is 0.326 e. The summed E-state index contributed by atoms with van der Waals surface area (Å²) >= 11 is 1.47. The van der Waals surface area contributed by atoms with Crippen LogP contribution >= 0.6 is 11.3 Å². The van der Waals surface area contributed by atoms with Crippen LogP contribution in [0, 0.1) is 0 Å². The molecule has 0 saturated carbocycles. The van der Waals surface area contributed by atoms with Crippen LogP contribution in [-0.2, 0) is 11.2 Å². The minimum absolute atomic E-state index is 0.225. The number of carbonyl (C=O) groups excluding carboxylic acids is 1. The van der Waals surface area contributed by atoms with Crippen LogP contribution < -0.4 is 5.32 Å². The van der Waals surface area contributed by atoms with Gasteiger partial charge in [0.2, 0.25) is 0 Å². The van der Waals surface area contributed by atoms with Gasteiger partial charge in [0.15, 0.2) is 5.13 Å². The summed E-state index contributed by atoms with van der Waals surface area (Å²) in [6.07, 6.45) is 4.04. The lowest BCUT2D eigenvalue weighted by Gasteiger charge is -2.14. The standard InChI is InChI=1S/C21H17N3O3S/c25-19(22-17(20(26)27)12-14-6-2-1-3-7-14)15-8-9-16-18(13-15)28-21(23-16)24-10-4-5-11-24/h1-11,13,17H,12H2,(H,22,25)(H,26,27)/t17-/m1/s1. The highest BCUT2D eigenvalue weighted by atomic mass is 32.1. The van der Waals surface area contributed by atoms with Gasteiger partial charge in [-0.25, -0.2) is 9.78 Å². The number of amides is 1. The Morgan fingerprint density at radius 1 is 1.07 bits per heavy atom. The maximum absolute atomic E-state index is 12.6. The zero-order valence-corrected chi connectivity index (χ0v) is 15.6. The average Bonchev–Trinajstić information content (AvgIpc) is 3.37. The van der Waals surface area contributed by atoms with E-state index in [2.05, 4.69) is 10.3 Å². The summed E-state index contributed by atoms with van der Waals surface area (Å²) in [7, 11) is 0. The first kappa shape index (κ1) is 17.9. The molecule has 0 fully saturated rings. The predicted molar refractivity (Wildman–Crippen MR) is 108 cm³/mol. The molecule has 4 aromatic rings. The molecule has 0 saturated heterocycles. The molecular weight excluding hydrogens is 374 g/mol. The number of nitrogens with zero attached hydrogens (tertiary/aromatic N) is 2. The fourth-order valence-electron chi connectivity index (χ4n) is 2.92. The number of nitrogens with one attached hydrogen (secondary N) is 1. The molecule has 1 atom stereocenters. The molecule has 2 aromatic heterocycles. The third kappa shape index (κ3) is 3.79. The monoisotopic (exact) mass is 391 g/mol. The predicted octanol–water partition coefficient (Wildman–Crippen LogP) is 3.51. The Morgan fingerprint density at radius 3 is 2.54 bits per heavy atom. The number of hydrogen-bond donors (Lipinski definition) is 2. The number of aromatic nitrogens is 2. The zero-order chi connectivity index (χ0) is 19.5. The van der Waals surface area contributed by atoms with Gasteiger partial charge in [0, 0.05) is 24.4 Å². The van der Waals surface area contributed by atoms with Gasteiger partial charge in [-0.1, -0.05) is 41.7 Å². The molecule has 2 aromatic carbocycles. The highest BCUT2D eigenvalue weighted by Crippen LogP contribution is 2.26. The molecule has 6 nitrogen and oxygen atoms in total. The molecule has 2 N–H and O–H groups in total. The summed E-state index contributed by atoms with van der Waals surface area (Å²) in [5, 5.41) is 12.9. The number of carboxylic acids is 1. The molecular formula is C21H17N3O3S. The number of carboxylic acid groups (broad SMARTS) is 1. The minimum atomic E-state index is -1.06. The molecule has 0 aliphatic carbocycles. The largest absolute Gasteiger partial charge is 0.480 e. The number of hydrogen-bond acceptors (Lipinski definition) is 4. The molecule has 0 radical (unpaired) electrons. The molecule has 2 heterocycles. The van der Waals surface area contributed by atoms with E-state index in [0.717, 1.165) is 20.9 Å². The number of fused-ring (bicyclic) bond motifs is 1. The van der Waals surface area contributed by atoms with Crippen LogP contribution in [0.5, 0.6) is 0 Å². The van der Waals surface area contributed by atoms with Gasteiger partial charge in [0.25, 0.3) is 5.91 Å². The second-order valence-electron chi connectivity index (χ2n) is 6.32. The van der Waals surface area contributed by atoms with E-state index in [1.165, 1.54) is 11.3 Å². The van der Waals surface area contributed by atoms with Crippen LogP contribution in [0.3, 0.4) is 0 Å². The van der Waals surface area contributed by atoms with Crippen LogP contribution in [0.1, 0.15) is 15.9 Å². The number of thiazole rings is 1. The number of carbonyl (C=O) groups is 2. The third-order valence-electron chi connectivity index (χ3n) is 4.35. The number of benzene rings is 2. The zero-order valence-electron chi connectivity index (χ0n) is 14.8. The highest BCUT2D eigenvalue weighted by Gasteiger charge is 2.21. The smallest absolute Gasteiger partial charge is 0.326 e. The lowest BCUT2D eigenvalue weighted by Crippen LogP contribution is -2.42. The molecule has 7 heteroatoms. The van der Waals surface area contributed by atoms with Gasteiger partial charge < -0.3 is 15.0 Å². The first-order valence-electron chi connectivity index (χ1n) is 8.72. The van der Waals surface area contributed by atoms with Crippen molar-refractivity contribution in [3.63, 3.8) is 0 Å². The van der Waals surface area contributed by atoms with E-state index in [9.17, 15) is 14.7 Å². The van der Waals surface area contributed by atoms with Crippen LogP contribution in [0.4, 0.5) is 0 Å². The van der Waals surface area contributed by atoms with Crippen LogP contribution in [0.15, 0.2) is 73.1 Å². The summed E-state index contributed by atoms with van der Waals surface area (Å²) in [5.74, 6) is -1.48. The second-order valence-corrected chi connectivity index (χ2v) is 7.33. The first-order chi connectivity index (χ1) is 13.6. The average molecular weight is 391 g/mol. The first-order valence-corrected chi connectivity index (χ1v) is 9.53. The summed E-state index contributed by atoms with van der Waals surface area (Å²) in [6.45, 7) is 0. The van der Waals surface area contributed by atoms with Gasteiger partial charge >= 0.3 is 5.97 Å². The molecule has 0 aliphatic heterocycles. The Kier molecular flexibility index (Phi) is 4.90. The Morgan fingerprint density at radius 2 is 1.82 bits per heavy atom. The van der Waals surface area contributed by atoms with Crippen molar-refractivity contribution in [3.05, 3.63) is 84.2 Å². The van der Waals surface area contributed by atoms with Gasteiger partial charge in [-0.3, -0.25) is 4.79 Å². The molecule has 0 unspecified atom stereocenters. The highest BCUT2D eigenvalue weighted by molar-refractivity contribution is 7.20. The van der Waals surface area contributed by atoms with Crippen molar-refractivity contribution in [2.24, 2.45) is 0 Å². The number of aliphatic carboxylic acids is 1. The summed E-state index contributed by atoms with van der Waals surface area (Å²) in [4.78, 5) is 28.8. The fourth-order valence-corrected chi connectivity index (χ4v) is 3.89. The van der Waals surface area contributed by atoms with Crippen molar-refractivity contribution in [3.8, 4) is 5.13 Å². The van der Waals surface area contributed by atoms with Gasteiger partial charge in [-0.05, 0) is 35.9 Å². The second kappa shape index (κ2) is 7.66. The van der Waals surface area contributed by atoms with Crippen LogP contribution in [-0.4, -0.2) is 32.6 Å². The third-order valence-corrected chi connectivity index (χ3v) is 5.38. The van der Waals surface area contributed by atoms with E-state index >= 15 is 0 Å². The molecule has 1 amide bonds. The van der Waals surface area contributed by atoms with Crippen molar-refractivity contribution in [1.29, 1.82) is 0 Å². The lowest BCUT2D eigenvalue weighted by atomic mass is 10.1. The van der Waals surface area contributed by atoms with Crippen molar-refractivity contribution in [1.82, 2.24) is 14.9 Å². The Labute approximate surface area is 165 Å². The van der Waals surface area contributed by atoms with E-state index in [1.54, 1.807) is 18.2 Å². The van der Waals surface area contributed by atoms with Crippen molar-refractivity contribution >= 4 is 33.4 Å². The van der Waals surface area contributed by atoms with E-state index in [1.807, 2.05) is 59.4 Å². The van der Waals surface area contributed by atoms with E-state index in [4.69, 9.17) is 0 Å². The molecule has 0 spiro atoms. The summed E-state index contributed by atoms with van der Waals surface area (Å²) in [5.41, 5.74) is 2.06. The quantitative estimate of drug-likeness (QED) is 0.527. The lowest BCUT2D eigenvalue weighted by molar-refractivity contribution is -0.139. The van der Waals surface area contributed by atoms with E-state index < -0.39 is 17.9 Å². The topological polar surface area (TPSA) is 84.2 Å². The van der Waals surface area contributed by atoms with Crippen molar-refractivity contribution < 1.29 is 14.7 Å². The Hall–Kier alpha value is -3.45. The molecule has 0 aliphatic rings. The fraction of sp³-hybridized carbons (Fsp3) is 0.0952. The van der Waals surface area contributed by atoms with Gasteiger partial charge in [0.05, 0.1) is 10.2 Å². The summed E-state index contributed by atoms with van der Waals surface area (Å²) < 4.78 is 2.77. The van der Waals surface area contributed by atoms with Crippen molar-refractivity contribution in [2.75, 3.05) is 0 Å². The van der Waals surface area contributed by atoms with Crippen LogP contribution in [0.2, 0.25) is 0 Å². The molecule has 28 heavy (non-hydrogen) atoms. The maximum atomic E-state index is 12.6. The minimum Gasteiger partial charge on any atom is -0.480 e. The van der Waals surface area contributed by atoms with Crippen LogP contribution in [0.25, 0.3) is 15.3 Å². The SMILES string of the molecule is O=C(N[C@H](Cc1ccccc1)C(=O)O)c1ccc2nc(-n3cccc3)sc2c1. The van der Waals surface area contributed by atoms with Crippen molar-refractivity contribution in [2.45, 2.75) is 12.5 Å². The van der Waals surface area contributed by atoms with Gasteiger partial charge in [0.1, 0.15) is 6.04 Å².